The number of methoxy groups -OCH3 is 3. The molecule has 2 saturated heterocycles. The summed E-state index contributed by atoms with van der Waals surface area (Å²) in [7, 11) is 4.36. The molecule has 0 aliphatic carbocycles. The third-order valence-corrected chi connectivity index (χ3v) is 4.41. The van der Waals surface area contributed by atoms with Crippen LogP contribution in [-0.4, -0.2) is 111 Å². The molecule has 0 saturated carbocycles. The van der Waals surface area contributed by atoms with Crippen molar-refractivity contribution in [2.24, 2.45) is 0 Å². The maximum absolute atomic E-state index is 13.0. The van der Waals surface area contributed by atoms with Crippen LogP contribution in [0.4, 0.5) is 9.59 Å². The first-order valence-electron chi connectivity index (χ1n) is 8.82. The van der Waals surface area contributed by atoms with Crippen molar-refractivity contribution in [3.05, 3.63) is 0 Å². The molecule has 28 heavy (non-hydrogen) atoms. The molecule has 0 aromatic carbocycles. The minimum atomic E-state index is -0.870. The van der Waals surface area contributed by atoms with Crippen LogP contribution >= 0.6 is 0 Å². The molecular formula is C16H28N4O8. The molecule has 3 atom stereocenters. The van der Waals surface area contributed by atoms with Gasteiger partial charge in [-0.25, -0.2) is 14.4 Å². The minimum Gasteiger partial charge on any atom is -0.464 e. The Hall–Kier alpha value is -2.15. The van der Waals surface area contributed by atoms with Crippen molar-refractivity contribution in [3.8, 4) is 0 Å². The molecule has 0 aromatic heterocycles. The topological polar surface area (TPSA) is 110 Å². The Morgan fingerprint density at radius 1 is 0.857 bits per heavy atom. The summed E-state index contributed by atoms with van der Waals surface area (Å²) in [5.74, 6) is -0.531. The number of amides is 4. The predicted octanol–water partition coefficient (Wildman–Crippen LogP) is -0.149. The summed E-state index contributed by atoms with van der Waals surface area (Å²) in [6, 6.07) is -0.752. The van der Waals surface area contributed by atoms with Crippen molar-refractivity contribution in [2.45, 2.75) is 32.3 Å². The van der Waals surface area contributed by atoms with E-state index in [1.165, 1.54) is 47.9 Å². The highest BCUT2D eigenvalue weighted by Crippen LogP contribution is 2.34. The van der Waals surface area contributed by atoms with Crippen LogP contribution in [0.5, 0.6) is 0 Å². The Kier molecular flexibility index (Phi) is 7.80. The number of carbonyl (C=O) groups excluding carboxylic acids is 3. The lowest BCUT2D eigenvalue weighted by Gasteiger charge is -2.29. The molecule has 3 unspecified atom stereocenters. The van der Waals surface area contributed by atoms with Gasteiger partial charge in [-0.05, 0) is 13.8 Å². The second-order valence-corrected chi connectivity index (χ2v) is 6.21. The highest BCUT2D eigenvalue weighted by Gasteiger charge is 2.59. The second kappa shape index (κ2) is 9.87. The lowest BCUT2D eigenvalue weighted by molar-refractivity contribution is -0.158. The first-order valence-corrected chi connectivity index (χ1v) is 8.82. The zero-order valence-corrected chi connectivity index (χ0v) is 16.8. The number of carbonyl (C=O) groups is 3. The Morgan fingerprint density at radius 3 is 1.61 bits per heavy atom. The summed E-state index contributed by atoms with van der Waals surface area (Å²) < 4.78 is 25.9. The van der Waals surface area contributed by atoms with E-state index in [2.05, 4.69) is 0 Å². The van der Waals surface area contributed by atoms with Crippen LogP contribution in [0.2, 0.25) is 0 Å². The first-order chi connectivity index (χ1) is 13.4. The number of fused-ring (bicyclic) bond motifs is 1. The number of hydrogen-bond acceptors (Lipinski definition) is 8. The fourth-order valence-electron chi connectivity index (χ4n) is 3.23. The quantitative estimate of drug-likeness (QED) is 0.437. The monoisotopic (exact) mass is 404 g/mol. The van der Waals surface area contributed by atoms with Crippen molar-refractivity contribution < 1.29 is 38.1 Å². The highest BCUT2D eigenvalue weighted by molar-refractivity contribution is 5.85. The third-order valence-electron chi connectivity index (χ3n) is 4.41. The van der Waals surface area contributed by atoms with E-state index < -0.39 is 30.4 Å². The number of rotatable bonds is 11. The largest absolute Gasteiger partial charge is 0.464 e. The van der Waals surface area contributed by atoms with Crippen LogP contribution in [-0.2, 0) is 28.5 Å². The van der Waals surface area contributed by atoms with E-state index in [4.69, 9.17) is 23.7 Å². The van der Waals surface area contributed by atoms with Gasteiger partial charge in [-0.2, -0.15) is 0 Å². The van der Waals surface area contributed by atoms with Crippen molar-refractivity contribution in [1.82, 2.24) is 19.6 Å². The van der Waals surface area contributed by atoms with Crippen molar-refractivity contribution in [3.63, 3.8) is 0 Å². The van der Waals surface area contributed by atoms with E-state index in [-0.39, 0.29) is 39.6 Å². The first kappa shape index (κ1) is 22.1. The summed E-state index contributed by atoms with van der Waals surface area (Å²) in [6.07, 6.45) is -2.22. The number of esters is 1. The van der Waals surface area contributed by atoms with Gasteiger partial charge in [0.2, 0.25) is 0 Å². The van der Waals surface area contributed by atoms with E-state index in [0.29, 0.717) is 0 Å². The van der Waals surface area contributed by atoms with Crippen molar-refractivity contribution in [2.75, 3.05) is 54.9 Å². The molecule has 2 heterocycles. The summed E-state index contributed by atoms with van der Waals surface area (Å²) in [6.45, 7) is 3.17. The van der Waals surface area contributed by atoms with Gasteiger partial charge < -0.3 is 23.7 Å². The van der Waals surface area contributed by atoms with Gasteiger partial charge in [0, 0.05) is 21.3 Å². The average molecular weight is 404 g/mol. The molecule has 160 valence electrons. The lowest BCUT2D eigenvalue weighted by atomic mass is 10.3. The zero-order valence-electron chi connectivity index (χ0n) is 16.8. The maximum Gasteiger partial charge on any atom is 0.335 e. The van der Waals surface area contributed by atoms with Gasteiger partial charge in [-0.3, -0.25) is 19.6 Å². The molecule has 4 amide bonds. The van der Waals surface area contributed by atoms with Crippen LogP contribution in [0.3, 0.4) is 0 Å². The predicted molar refractivity (Wildman–Crippen MR) is 93.4 cm³/mol. The zero-order chi connectivity index (χ0) is 20.8. The van der Waals surface area contributed by atoms with Crippen LogP contribution in [0.1, 0.15) is 13.8 Å². The number of urea groups is 2. The Labute approximate surface area is 163 Å². The summed E-state index contributed by atoms with van der Waals surface area (Å²) in [4.78, 5) is 43.1. The highest BCUT2D eigenvalue weighted by atomic mass is 16.6. The van der Waals surface area contributed by atoms with Gasteiger partial charge in [0.1, 0.15) is 26.9 Å². The standard InChI is InChI=1S/C16H28N4O8/c1-6-27-14(21)11(2)28-10-20-13-12(18(8-25-4)16(20)23)17(7-24-3)15(22)19(13)9-26-5/h11-13H,6-10H2,1-5H3. The molecule has 0 bridgehead atoms. The molecule has 12 nitrogen and oxygen atoms in total. The molecule has 0 radical (unpaired) electrons. The van der Waals surface area contributed by atoms with Gasteiger partial charge in [-0.1, -0.05) is 0 Å². The fraction of sp³-hybridized carbons (Fsp3) is 0.812. The number of nitrogens with zero attached hydrogens (tertiary/aromatic N) is 4. The Morgan fingerprint density at radius 2 is 1.25 bits per heavy atom. The van der Waals surface area contributed by atoms with Gasteiger partial charge in [0.25, 0.3) is 0 Å². The van der Waals surface area contributed by atoms with Gasteiger partial charge >= 0.3 is 18.0 Å². The van der Waals surface area contributed by atoms with Crippen LogP contribution in [0.25, 0.3) is 0 Å². The van der Waals surface area contributed by atoms with E-state index in [1.54, 1.807) is 6.92 Å². The normalized spacial score (nSPS) is 22.9. The fourth-order valence-corrected chi connectivity index (χ4v) is 3.23. The molecule has 0 N–H and O–H groups in total. The van der Waals surface area contributed by atoms with E-state index in [1.807, 2.05) is 0 Å². The maximum atomic E-state index is 13.0. The SMILES string of the molecule is CCOC(=O)C(C)OCN1C(=O)N(COC)C2C1N(COC)C(=O)N2COC. The number of ether oxygens (including phenoxy) is 5. The molecule has 12 heteroatoms. The van der Waals surface area contributed by atoms with Gasteiger partial charge in [-0.15, -0.1) is 0 Å². The van der Waals surface area contributed by atoms with Gasteiger partial charge in [0.05, 0.1) is 6.61 Å². The average Bonchev–Trinajstić information content (AvgIpc) is 3.08. The summed E-state index contributed by atoms with van der Waals surface area (Å²) in [5, 5.41) is 0. The second-order valence-electron chi connectivity index (χ2n) is 6.21. The molecular weight excluding hydrogens is 376 g/mol. The molecule has 0 aromatic rings. The Bertz CT molecular complexity index is 573. The molecule has 2 aliphatic rings. The van der Waals surface area contributed by atoms with Crippen molar-refractivity contribution in [1.29, 1.82) is 0 Å². The van der Waals surface area contributed by atoms with Crippen molar-refractivity contribution >= 4 is 18.0 Å². The smallest absolute Gasteiger partial charge is 0.335 e. The minimum absolute atomic E-state index is 0.0123. The molecule has 2 rings (SSSR count). The molecule has 2 aliphatic heterocycles. The van der Waals surface area contributed by atoms with E-state index >= 15 is 0 Å². The third kappa shape index (κ3) is 4.14. The summed E-state index contributed by atoms with van der Waals surface area (Å²) in [5.41, 5.74) is 0. The van der Waals surface area contributed by atoms with Crippen LogP contribution in [0.15, 0.2) is 0 Å². The van der Waals surface area contributed by atoms with Crippen LogP contribution < -0.4 is 0 Å². The van der Waals surface area contributed by atoms with Gasteiger partial charge in [0.15, 0.2) is 18.4 Å². The van der Waals surface area contributed by atoms with Crippen LogP contribution in [0, 0.1) is 0 Å². The summed E-state index contributed by atoms with van der Waals surface area (Å²) >= 11 is 0. The molecule has 2 fully saturated rings. The molecule has 0 spiro atoms. The lowest BCUT2D eigenvalue weighted by Crippen LogP contribution is -2.48. The number of hydrogen-bond donors (Lipinski definition) is 0. The van der Waals surface area contributed by atoms with E-state index in [9.17, 15) is 14.4 Å². The Balaban J connectivity index is 2.25. The van der Waals surface area contributed by atoms with E-state index in [0.717, 1.165) is 0 Å².